The van der Waals surface area contributed by atoms with Gasteiger partial charge in [-0.3, -0.25) is 0 Å². The van der Waals surface area contributed by atoms with E-state index in [0.717, 1.165) is 5.69 Å². The minimum Gasteiger partial charge on any atom is -0.310 e. The molecule has 0 unspecified atom stereocenters. The third kappa shape index (κ3) is 4.50. The molecule has 1 heterocycles. The van der Waals surface area contributed by atoms with E-state index in [0.29, 0.717) is 0 Å². The molecule has 0 spiro atoms. The number of hydrogen-bond acceptors (Lipinski definition) is 2. The van der Waals surface area contributed by atoms with Gasteiger partial charge in [-0.05, 0) is 127 Å². The summed E-state index contributed by atoms with van der Waals surface area (Å²) in [6, 6.07) is 61.6. The van der Waals surface area contributed by atoms with Crippen molar-refractivity contribution in [3.8, 4) is 33.4 Å². The van der Waals surface area contributed by atoms with Crippen LogP contribution in [0.3, 0.4) is 0 Å². The molecule has 0 atom stereocenters. The fourth-order valence-corrected chi connectivity index (χ4v) is 10.7. The molecule has 0 bridgehead atoms. The van der Waals surface area contributed by atoms with Gasteiger partial charge < -0.3 is 4.90 Å². The molecule has 0 radical (unpaired) electrons. The van der Waals surface area contributed by atoms with Gasteiger partial charge in [-0.2, -0.15) is 0 Å². The number of hydrogen-bond donors (Lipinski definition) is 0. The summed E-state index contributed by atoms with van der Waals surface area (Å²) in [7, 11) is 0. The Morgan fingerprint density at radius 3 is 1.56 bits per heavy atom. The summed E-state index contributed by atoms with van der Waals surface area (Å²) in [6.45, 7) is 9.46. The lowest BCUT2D eigenvalue weighted by Gasteiger charge is -2.30. The number of benzene rings is 8. The summed E-state index contributed by atoms with van der Waals surface area (Å²) in [6.07, 6.45) is 0. The maximum atomic E-state index is 2.46. The van der Waals surface area contributed by atoms with Gasteiger partial charge in [-0.15, -0.1) is 11.3 Å². The van der Waals surface area contributed by atoms with E-state index >= 15 is 0 Å². The molecule has 0 aliphatic heterocycles. The van der Waals surface area contributed by atoms with Crippen LogP contribution in [0, 0.1) is 0 Å². The second-order valence-corrected chi connectivity index (χ2v) is 17.3. The van der Waals surface area contributed by atoms with E-state index in [1.165, 1.54) is 98.0 Å². The smallest absolute Gasteiger partial charge is 0.0465 e. The predicted octanol–water partition coefficient (Wildman–Crippen LogP) is 15.0. The van der Waals surface area contributed by atoms with Gasteiger partial charge in [-0.1, -0.05) is 131 Å². The minimum absolute atomic E-state index is 0.0868. The highest BCUT2D eigenvalue weighted by Gasteiger charge is 2.37. The number of fused-ring (bicyclic) bond motifs is 10. The molecule has 54 heavy (non-hydrogen) atoms. The third-order valence-corrected chi connectivity index (χ3v) is 13.6. The fraction of sp³-hybridized carbons (Fsp3) is 0.115. The second kappa shape index (κ2) is 11.3. The Morgan fingerprint density at radius 1 is 0.370 bits per heavy atom. The monoisotopic (exact) mass is 709 g/mol. The Bertz CT molecular complexity index is 2890. The van der Waals surface area contributed by atoms with Crippen LogP contribution in [0.1, 0.15) is 49.9 Å². The first kappa shape index (κ1) is 31.6. The third-order valence-electron chi connectivity index (χ3n) is 12.4. The molecular formula is C52H39NS. The lowest BCUT2D eigenvalue weighted by molar-refractivity contribution is 0.660. The van der Waals surface area contributed by atoms with Gasteiger partial charge in [0.2, 0.25) is 0 Å². The summed E-state index contributed by atoms with van der Waals surface area (Å²) in [5.41, 5.74) is 16.7. The molecule has 0 saturated heterocycles. The van der Waals surface area contributed by atoms with Crippen molar-refractivity contribution >= 4 is 59.3 Å². The highest BCUT2D eigenvalue weighted by Crippen LogP contribution is 2.53. The van der Waals surface area contributed by atoms with E-state index in [1.807, 2.05) is 11.3 Å². The molecule has 258 valence electrons. The number of rotatable bonds is 4. The number of thiophene rings is 1. The molecule has 0 N–H and O–H groups in total. The Balaban J connectivity index is 1.03. The van der Waals surface area contributed by atoms with Crippen molar-refractivity contribution in [3.05, 3.63) is 186 Å². The van der Waals surface area contributed by atoms with Crippen molar-refractivity contribution in [1.82, 2.24) is 0 Å². The zero-order valence-corrected chi connectivity index (χ0v) is 31.8. The van der Waals surface area contributed by atoms with Crippen LogP contribution in [-0.2, 0) is 10.8 Å². The molecule has 9 aromatic rings. The van der Waals surface area contributed by atoms with Crippen LogP contribution >= 0.6 is 11.3 Å². The zero-order valence-electron chi connectivity index (χ0n) is 30.9. The van der Waals surface area contributed by atoms with Crippen molar-refractivity contribution in [2.24, 2.45) is 0 Å². The molecular weight excluding hydrogens is 671 g/mol. The Labute approximate surface area is 320 Å². The van der Waals surface area contributed by atoms with Crippen molar-refractivity contribution in [2.45, 2.75) is 38.5 Å². The maximum Gasteiger partial charge on any atom is 0.0465 e. The summed E-state index contributed by atoms with van der Waals surface area (Å²) in [5, 5.41) is 5.25. The molecule has 1 aromatic heterocycles. The van der Waals surface area contributed by atoms with E-state index in [9.17, 15) is 0 Å². The standard InChI is InChI=1S/C52H39NS/c1-51(2)45-14-8-5-11-39(45)41-25-23-37(30-47(41)51)53(38-24-26-42-40-12-6-9-15-46(40)52(3,4)48(42)31-38)36-21-19-32(20-22-36)33-17-18-34-28-44-43-13-7-10-16-49(43)54-50(44)29-35(34)27-33/h5-31H,1-4H3. The maximum absolute atomic E-state index is 2.46. The average Bonchev–Trinajstić information content (AvgIpc) is 3.76. The minimum atomic E-state index is -0.0868. The van der Waals surface area contributed by atoms with E-state index in [2.05, 4.69) is 196 Å². The van der Waals surface area contributed by atoms with Crippen LogP contribution in [-0.4, -0.2) is 0 Å². The van der Waals surface area contributed by atoms with Gasteiger partial charge >= 0.3 is 0 Å². The molecule has 2 aliphatic carbocycles. The van der Waals surface area contributed by atoms with Crippen molar-refractivity contribution < 1.29 is 0 Å². The van der Waals surface area contributed by atoms with Crippen molar-refractivity contribution in [3.63, 3.8) is 0 Å². The SMILES string of the molecule is CC1(C)c2ccccc2-c2ccc(N(c3ccc(-c4ccc5cc6c(cc5c4)sc4ccccc46)cc3)c3ccc4c(c3)C(C)(C)c3ccccc3-4)cc21. The summed E-state index contributed by atoms with van der Waals surface area (Å²) in [5.74, 6) is 0. The summed E-state index contributed by atoms with van der Waals surface area (Å²) < 4.78 is 2.68. The first-order valence-electron chi connectivity index (χ1n) is 19.0. The van der Waals surface area contributed by atoms with E-state index in [-0.39, 0.29) is 10.8 Å². The summed E-state index contributed by atoms with van der Waals surface area (Å²) in [4.78, 5) is 2.46. The van der Waals surface area contributed by atoms with Gasteiger partial charge in [0, 0.05) is 48.1 Å². The van der Waals surface area contributed by atoms with E-state index in [1.54, 1.807) is 0 Å². The van der Waals surface area contributed by atoms with Crippen LogP contribution in [0.4, 0.5) is 17.1 Å². The van der Waals surface area contributed by atoms with Crippen LogP contribution < -0.4 is 4.90 Å². The average molecular weight is 710 g/mol. The van der Waals surface area contributed by atoms with E-state index < -0.39 is 0 Å². The quantitative estimate of drug-likeness (QED) is 0.176. The molecule has 1 nitrogen and oxygen atoms in total. The molecule has 2 heteroatoms. The Morgan fingerprint density at radius 2 is 0.907 bits per heavy atom. The highest BCUT2D eigenvalue weighted by atomic mass is 32.1. The summed E-state index contributed by atoms with van der Waals surface area (Å²) >= 11 is 1.88. The lowest BCUT2D eigenvalue weighted by atomic mass is 9.82. The Hall–Kier alpha value is -5.96. The van der Waals surface area contributed by atoms with Crippen LogP contribution in [0.2, 0.25) is 0 Å². The molecule has 2 aliphatic rings. The molecule has 11 rings (SSSR count). The first-order valence-corrected chi connectivity index (χ1v) is 19.8. The number of nitrogens with zero attached hydrogens (tertiary/aromatic N) is 1. The Kier molecular flexibility index (Phi) is 6.59. The molecule has 0 saturated carbocycles. The topological polar surface area (TPSA) is 3.24 Å². The first-order chi connectivity index (χ1) is 26.3. The zero-order chi connectivity index (χ0) is 36.3. The second-order valence-electron chi connectivity index (χ2n) is 16.2. The van der Waals surface area contributed by atoms with Crippen molar-refractivity contribution in [1.29, 1.82) is 0 Å². The van der Waals surface area contributed by atoms with Crippen molar-refractivity contribution in [2.75, 3.05) is 4.90 Å². The van der Waals surface area contributed by atoms with Gasteiger partial charge in [0.15, 0.2) is 0 Å². The predicted molar refractivity (Wildman–Crippen MR) is 232 cm³/mol. The normalized spacial score (nSPS) is 14.6. The van der Waals surface area contributed by atoms with Gasteiger partial charge in [0.25, 0.3) is 0 Å². The number of anilines is 3. The largest absolute Gasteiger partial charge is 0.310 e. The van der Waals surface area contributed by atoms with Gasteiger partial charge in [0.1, 0.15) is 0 Å². The van der Waals surface area contributed by atoms with Crippen LogP contribution in [0.25, 0.3) is 64.3 Å². The van der Waals surface area contributed by atoms with Gasteiger partial charge in [-0.25, -0.2) is 0 Å². The van der Waals surface area contributed by atoms with Crippen LogP contribution in [0.15, 0.2) is 164 Å². The molecule has 0 amide bonds. The highest BCUT2D eigenvalue weighted by molar-refractivity contribution is 7.25. The van der Waals surface area contributed by atoms with Crippen LogP contribution in [0.5, 0.6) is 0 Å². The van der Waals surface area contributed by atoms with E-state index in [4.69, 9.17) is 0 Å². The van der Waals surface area contributed by atoms with Gasteiger partial charge in [0.05, 0.1) is 0 Å². The lowest BCUT2D eigenvalue weighted by Crippen LogP contribution is -2.18. The fourth-order valence-electron chi connectivity index (χ4n) is 9.56. The molecule has 8 aromatic carbocycles. The molecule has 0 fully saturated rings.